The van der Waals surface area contributed by atoms with Crippen molar-refractivity contribution in [3.63, 3.8) is 0 Å². The average molecular weight is 435 g/mol. The number of benzene rings is 3. The molecule has 1 aromatic heterocycles. The fraction of sp³-hybridized carbons (Fsp3) is 0.0833. The maximum absolute atomic E-state index is 12.7. The van der Waals surface area contributed by atoms with Gasteiger partial charge >= 0.3 is 5.63 Å². The van der Waals surface area contributed by atoms with Crippen LogP contribution in [-0.4, -0.2) is 5.71 Å². The highest BCUT2D eigenvalue weighted by atomic mass is 35.5. The van der Waals surface area contributed by atoms with Gasteiger partial charge in [0.05, 0.1) is 23.0 Å². The zero-order chi connectivity index (χ0) is 20.7. The summed E-state index contributed by atoms with van der Waals surface area (Å²) in [6.45, 7) is 0. The van der Waals surface area contributed by atoms with Gasteiger partial charge in [-0.1, -0.05) is 65.7 Å². The van der Waals surface area contributed by atoms with Crippen molar-refractivity contribution in [2.24, 2.45) is 5.10 Å². The summed E-state index contributed by atoms with van der Waals surface area (Å²) in [5.74, 6) is 0. The maximum Gasteiger partial charge on any atom is 0.345 e. The number of nitrogens with zero attached hydrogens (tertiary/aromatic N) is 2. The van der Waals surface area contributed by atoms with E-state index < -0.39 is 5.63 Å². The van der Waals surface area contributed by atoms with Gasteiger partial charge in [-0.2, -0.15) is 5.10 Å². The molecule has 0 aliphatic carbocycles. The fourth-order valence-corrected chi connectivity index (χ4v) is 4.46. The van der Waals surface area contributed by atoms with Crippen molar-refractivity contribution < 1.29 is 4.42 Å². The minimum atomic E-state index is -0.411. The second-order valence-electron chi connectivity index (χ2n) is 7.07. The lowest BCUT2D eigenvalue weighted by atomic mass is 9.98. The lowest BCUT2D eigenvalue weighted by molar-refractivity contribution is 0.559. The summed E-state index contributed by atoms with van der Waals surface area (Å²) < 4.78 is 5.53. The normalized spacial score (nSPS) is 16.1. The summed E-state index contributed by atoms with van der Waals surface area (Å²) in [5, 5.41) is 8.66. The molecule has 0 spiro atoms. The predicted molar refractivity (Wildman–Crippen MR) is 122 cm³/mol. The van der Waals surface area contributed by atoms with Crippen molar-refractivity contribution in [3.05, 3.63) is 110 Å². The van der Waals surface area contributed by atoms with Crippen molar-refractivity contribution in [3.8, 4) is 0 Å². The Morgan fingerprint density at radius 3 is 2.37 bits per heavy atom. The van der Waals surface area contributed by atoms with E-state index in [0.717, 1.165) is 16.6 Å². The van der Waals surface area contributed by atoms with Crippen LogP contribution in [0.25, 0.3) is 11.0 Å². The third-order valence-corrected chi connectivity index (χ3v) is 5.88. The van der Waals surface area contributed by atoms with Crippen LogP contribution in [0.5, 0.6) is 0 Å². The van der Waals surface area contributed by atoms with Crippen molar-refractivity contribution in [2.75, 3.05) is 5.01 Å². The molecule has 0 amide bonds. The van der Waals surface area contributed by atoms with Crippen LogP contribution in [0.15, 0.2) is 93.2 Å². The van der Waals surface area contributed by atoms with E-state index in [0.29, 0.717) is 33.3 Å². The van der Waals surface area contributed by atoms with Crippen molar-refractivity contribution in [1.82, 2.24) is 0 Å². The predicted octanol–water partition coefficient (Wildman–Crippen LogP) is 6.46. The minimum absolute atomic E-state index is 0.241. The van der Waals surface area contributed by atoms with E-state index in [2.05, 4.69) is 0 Å². The van der Waals surface area contributed by atoms with Gasteiger partial charge in [0.2, 0.25) is 0 Å². The second kappa shape index (κ2) is 7.63. The van der Waals surface area contributed by atoms with Crippen LogP contribution < -0.4 is 10.6 Å². The van der Waals surface area contributed by atoms with E-state index in [9.17, 15) is 4.79 Å². The van der Waals surface area contributed by atoms with Crippen molar-refractivity contribution in [1.29, 1.82) is 0 Å². The Bertz CT molecular complexity index is 1310. The van der Waals surface area contributed by atoms with Gasteiger partial charge in [0.1, 0.15) is 5.58 Å². The molecule has 1 aliphatic heterocycles. The first-order chi connectivity index (χ1) is 14.6. The Balaban J connectivity index is 1.66. The second-order valence-corrected chi connectivity index (χ2v) is 7.88. The van der Waals surface area contributed by atoms with Gasteiger partial charge in [0.15, 0.2) is 0 Å². The van der Waals surface area contributed by atoms with Gasteiger partial charge in [-0.25, -0.2) is 4.79 Å². The topological polar surface area (TPSA) is 45.8 Å². The monoisotopic (exact) mass is 434 g/mol. The first-order valence-electron chi connectivity index (χ1n) is 9.51. The maximum atomic E-state index is 12.7. The van der Waals surface area contributed by atoms with E-state index in [-0.39, 0.29) is 6.04 Å². The summed E-state index contributed by atoms with van der Waals surface area (Å²) in [4.78, 5) is 12.7. The molecule has 0 bridgehead atoms. The molecule has 0 radical (unpaired) electrons. The summed E-state index contributed by atoms with van der Waals surface area (Å²) in [7, 11) is 0. The van der Waals surface area contributed by atoms with Gasteiger partial charge in [-0.3, -0.25) is 5.01 Å². The van der Waals surface area contributed by atoms with Gasteiger partial charge in [0.25, 0.3) is 0 Å². The van der Waals surface area contributed by atoms with E-state index >= 15 is 0 Å². The molecule has 4 aromatic rings. The summed E-state index contributed by atoms with van der Waals surface area (Å²) in [6, 6.07) is 24.2. The molecule has 2 heterocycles. The number of para-hydroxylation sites is 2. The van der Waals surface area contributed by atoms with Crippen LogP contribution in [0.4, 0.5) is 5.69 Å². The summed E-state index contributed by atoms with van der Waals surface area (Å²) in [6.07, 6.45) is 0.474. The lowest BCUT2D eigenvalue weighted by Gasteiger charge is -2.25. The van der Waals surface area contributed by atoms with Crippen molar-refractivity contribution in [2.45, 2.75) is 12.5 Å². The van der Waals surface area contributed by atoms with Crippen molar-refractivity contribution >= 4 is 45.6 Å². The first-order valence-corrected chi connectivity index (χ1v) is 10.3. The molecule has 0 saturated heterocycles. The van der Waals surface area contributed by atoms with Gasteiger partial charge < -0.3 is 4.42 Å². The molecular formula is C24H16Cl2N2O2. The molecule has 4 nitrogen and oxygen atoms in total. The Hall–Kier alpha value is -3.08. The molecule has 3 aromatic carbocycles. The molecule has 0 fully saturated rings. The summed E-state index contributed by atoms with van der Waals surface area (Å²) in [5.41, 5.74) is 2.90. The molecule has 6 heteroatoms. The number of anilines is 1. The average Bonchev–Trinajstić information content (AvgIpc) is 3.18. The fourth-order valence-electron chi connectivity index (χ4n) is 3.81. The highest BCUT2D eigenvalue weighted by Gasteiger charge is 2.34. The Labute approximate surface area is 183 Å². The number of hydrogen-bond donors (Lipinski definition) is 0. The number of hydrogen-bond acceptors (Lipinski definition) is 4. The van der Waals surface area contributed by atoms with E-state index in [4.69, 9.17) is 32.7 Å². The Morgan fingerprint density at radius 1 is 0.900 bits per heavy atom. The van der Waals surface area contributed by atoms with E-state index in [1.165, 1.54) is 0 Å². The highest BCUT2D eigenvalue weighted by Crippen LogP contribution is 2.42. The van der Waals surface area contributed by atoms with Crippen LogP contribution >= 0.6 is 23.2 Å². The van der Waals surface area contributed by atoms with Crippen LogP contribution in [0.2, 0.25) is 10.0 Å². The zero-order valence-corrected chi connectivity index (χ0v) is 17.3. The van der Waals surface area contributed by atoms with Gasteiger partial charge in [0, 0.05) is 27.4 Å². The van der Waals surface area contributed by atoms with Crippen LogP contribution in [0.1, 0.15) is 23.6 Å². The third-order valence-electron chi connectivity index (χ3n) is 5.22. The molecule has 1 atom stereocenters. The Kier molecular flexibility index (Phi) is 4.81. The third kappa shape index (κ3) is 3.28. The number of halogens is 2. The quantitative estimate of drug-likeness (QED) is 0.347. The largest absolute Gasteiger partial charge is 0.422 e. The number of rotatable bonds is 3. The molecule has 0 unspecified atom stereocenters. The molecule has 0 N–H and O–H groups in total. The van der Waals surface area contributed by atoms with E-state index in [1.807, 2.05) is 77.8 Å². The van der Waals surface area contributed by atoms with Crippen LogP contribution in [0, 0.1) is 0 Å². The van der Waals surface area contributed by atoms with E-state index in [1.54, 1.807) is 6.07 Å². The minimum Gasteiger partial charge on any atom is -0.422 e. The smallest absolute Gasteiger partial charge is 0.345 e. The zero-order valence-electron chi connectivity index (χ0n) is 15.8. The Morgan fingerprint density at radius 2 is 1.60 bits per heavy atom. The molecule has 148 valence electrons. The highest BCUT2D eigenvalue weighted by molar-refractivity contribution is 6.36. The number of hydrazone groups is 1. The number of fused-ring (bicyclic) bond motifs is 1. The molecule has 1 aliphatic rings. The standard InChI is InChI=1S/C24H16Cl2N2O2/c25-18-10-6-11-19(26)23(18)21-14-20(27-28(21)16-8-2-1-3-9-16)17-13-15-7-4-5-12-22(15)30-24(17)29/h1-13,21H,14H2/t21-/m1/s1. The first kappa shape index (κ1) is 18.9. The SMILES string of the molecule is O=c1oc2ccccc2cc1C1=NN(c2ccccc2)[C@@H](c2c(Cl)cccc2Cl)C1. The lowest BCUT2D eigenvalue weighted by Crippen LogP contribution is -2.19. The molecule has 30 heavy (non-hydrogen) atoms. The van der Waals surface area contributed by atoms with Crippen LogP contribution in [-0.2, 0) is 0 Å². The molecular weight excluding hydrogens is 419 g/mol. The van der Waals surface area contributed by atoms with Crippen LogP contribution in [0.3, 0.4) is 0 Å². The van der Waals surface area contributed by atoms with Gasteiger partial charge in [-0.05, 0) is 36.4 Å². The van der Waals surface area contributed by atoms with Gasteiger partial charge in [-0.15, -0.1) is 0 Å². The molecule has 0 saturated carbocycles. The summed E-state index contributed by atoms with van der Waals surface area (Å²) >= 11 is 13.0. The molecule has 5 rings (SSSR count).